The van der Waals surface area contributed by atoms with E-state index in [9.17, 15) is 4.79 Å². The summed E-state index contributed by atoms with van der Waals surface area (Å²) < 4.78 is 0. The van der Waals surface area contributed by atoms with E-state index in [1.165, 1.54) is 0 Å². The zero-order valence-electron chi connectivity index (χ0n) is 17.5. The molecule has 8 nitrogen and oxygen atoms in total. The Labute approximate surface area is 176 Å². The average Bonchev–Trinajstić information content (AvgIpc) is 2.67. The lowest BCUT2D eigenvalue weighted by Crippen LogP contribution is -2.10. The van der Waals surface area contributed by atoms with E-state index < -0.39 is 5.97 Å². The van der Waals surface area contributed by atoms with E-state index in [0.29, 0.717) is 29.6 Å². The molecule has 0 fully saturated rings. The smallest absolute Gasteiger partial charge is 0.303 e. The van der Waals surface area contributed by atoms with Crippen molar-refractivity contribution in [2.24, 2.45) is 0 Å². The fourth-order valence-electron chi connectivity index (χ4n) is 3.22. The predicted molar refractivity (Wildman–Crippen MR) is 120 cm³/mol. The summed E-state index contributed by atoms with van der Waals surface area (Å²) in [6, 6.07) is 3.99. The first-order valence-corrected chi connectivity index (χ1v) is 9.92. The monoisotopic (exact) mass is 420 g/mol. The molecule has 0 aliphatic heterocycles. The molecule has 0 amide bonds. The number of nitrogens with one attached hydrogen (secondary N) is 4. The molecule has 0 aliphatic carbocycles. The lowest BCUT2D eigenvalue weighted by molar-refractivity contribution is -0.137. The number of anilines is 5. The first kappa shape index (κ1) is 22.5. The van der Waals surface area contributed by atoms with Crippen molar-refractivity contribution in [2.45, 2.75) is 39.0 Å². The first-order chi connectivity index (χ1) is 13.8. The summed E-state index contributed by atoms with van der Waals surface area (Å²) in [5, 5.41) is 22.3. The van der Waals surface area contributed by atoms with Gasteiger partial charge in [0.2, 0.25) is 0 Å². The molecule has 29 heavy (non-hydrogen) atoms. The van der Waals surface area contributed by atoms with Gasteiger partial charge in [-0.15, -0.1) is 0 Å². The van der Waals surface area contributed by atoms with Gasteiger partial charge in [0.25, 0.3) is 0 Å². The standard InChI is InChI=1S/C20H29ClN6O2/c1-11(7-6-8-16(28)29)17-19(21)25-12(2)26-20(17)27-18-14(23-4)9-13(22-3)10-15(18)24-5/h9-11,22-24H,6-8H2,1-5H3,(H,28,29)(H,25,26,27). The molecule has 9 heteroatoms. The van der Waals surface area contributed by atoms with Crippen LogP contribution in [0.2, 0.25) is 5.15 Å². The molecule has 0 radical (unpaired) electrons. The summed E-state index contributed by atoms with van der Waals surface area (Å²) >= 11 is 6.48. The number of nitrogens with zero attached hydrogens (tertiary/aromatic N) is 2. The van der Waals surface area contributed by atoms with Gasteiger partial charge in [-0.3, -0.25) is 4.79 Å². The number of aromatic nitrogens is 2. The Morgan fingerprint density at radius 1 is 1.14 bits per heavy atom. The number of carboxylic acids is 1. The Bertz CT molecular complexity index is 849. The fraction of sp³-hybridized carbons (Fsp3) is 0.450. The molecule has 5 N–H and O–H groups in total. The number of benzene rings is 1. The van der Waals surface area contributed by atoms with Gasteiger partial charge >= 0.3 is 5.97 Å². The molecule has 0 spiro atoms. The van der Waals surface area contributed by atoms with Crippen molar-refractivity contribution < 1.29 is 9.90 Å². The van der Waals surface area contributed by atoms with Crippen LogP contribution in [-0.4, -0.2) is 42.2 Å². The number of aryl methyl sites for hydroxylation is 1. The van der Waals surface area contributed by atoms with E-state index in [4.69, 9.17) is 16.7 Å². The molecule has 1 heterocycles. The second-order valence-corrected chi connectivity index (χ2v) is 7.19. The van der Waals surface area contributed by atoms with E-state index in [-0.39, 0.29) is 12.3 Å². The number of hydrogen-bond acceptors (Lipinski definition) is 7. The van der Waals surface area contributed by atoms with E-state index in [0.717, 1.165) is 28.3 Å². The van der Waals surface area contributed by atoms with Crippen LogP contribution in [0.1, 0.15) is 43.5 Å². The average molecular weight is 421 g/mol. The fourth-order valence-corrected chi connectivity index (χ4v) is 3.61. The van der Waals surface area contributed by atoms with Crippen LogP contribution in [0.15, 0.2) is 12.1 Å². The lowest BCUT2D eigenvalue weighted by Gasteiger charge is -2.22. The molecule has 1 aromatic heterocycles. The van der Waals surface area contributed by atoms with Crippen LogP contribution in [0, 0.1) is 6.92 Å². The maximum atomic E-state index is 10.8. The van der Waals surface area contributed by atoms with Crippen LogP contribution in [-0.2, 0) is 4.79 Å². The topological polar surface area (TPSA) is 111 Å². The minimum Gasteiger partial charge on any atom is -0.481 e. The van der Waals surface area contributed by atoms with E-state index >= 15 is 0 Å². The van der Waals surface area contributed by atoms with E-state index in [2.05, 4.69) is 31.2 Å². The van der Waals surface area contributed by atoms with Gasteiger partial charge in [0.15, 0.2) is 0 Å². The van der Waals surface area contributed by atoms with E-state index in [1.54, 1.807) is 6.92 Å². The van der Waals surface area contributed by atoms with Crippen LogP contribution in [0.25, 0.3) is 0 Å². The summed E-state index contributed by atoms with van der Waals surface area (Å²) in [4.78, 5) is 19.8. The normalized spacial score (nSPS) is 11.7. The molecular weight excluding hydrogens is 392 g/mol. The molecule has 1 unspecified atom stereocenters. The minimum absolute atomic E-state index is 0.00222. The Hall–Kier alpha value is -2.74. The summed E-state index contributed by atoms with van der Waals surface area (Å²) in [5.74, 6) is 0.375. The van der Waals surface area contributed by atoms with Crippen LogP contribution < -0.4 is 21.3 Å². The van der Waals surface area contributed by atoms with Crippen LogP contribution >= 0.6 is 11.6 Å². The highest BCUT2D eigenvalue weighted by molar-refractivity contribution is 6.30. The molecule has 1 atom stereocenters. The number of hydrogen-bond donors (Lipinski definition) is 5. The van der Waals surface area contributed by atoms with E-state index in [1.807, 2.05) is 40.2 Å². The molecule has 2 rings (SSSR count). The third kappa shape index (κ3) is 5.63. The number of halogens is 1. The highest BCUT2D eigenvalue weighted by Crippen LogP contribution is 2.39. The van der Waals surface area contributed by atoms with Crippen molar-refractivity contribution in [3.63, 3.8) is 0 Å². The van der Waals surface area contributed by atoms with Crippen molar-refractivity contribution in [2.75, 3.05) is 42.4 Å². The Balaban J connectivity index is 2.46. The Morgan fingerprint density at radius 2 is 1.76 bits per heavy atom. The maximum Gasteiger partial charge on any atom is 0.303 e. The Morgan fingerprint density at radius 3 is 2.28 bits per heavy atom. The second kappa shape index (κ2) is 10.2. The Kier molecular flexibility index (Phi) is 7.90. The third-order valence-corrected chi connectivity index (χ3v) is 5.03. The first-order valence-electron chi connectivity index (χ1n) is 9.54. The molecular formula is C20H29ClN6O2. The number of carbonyl (C=O) groups is 1. The summed E-state index contributed by atoms with van der Waals surface area (Å²) in [6.07, 6.45) is 1.35. The van der Waals surface area contributed by atoms with Gasteiger partial charge in [-0.2, -0.15) is 0 Å². The van der Waals surface area contributed by atoms with Gasteiger partial charge in [0.1, 0.15) is 16.8 Å². The maximum absolute atomic E-state index is 10.8. The number of carboxylic acid groups (broad SMARTS) is 1. The van der Waals surface area contributed by atoms with Crippen molar-refractivity contribution >= 4 is 46.1 Å². The van der Waals surface area contributed by atoms with Crippen molar-refractivity contribution in [3.8, 4) is 0 Å². The predicted octanol–water partition coefficient (Wildman–Crippen LogP) is 4.67. The lowest BCUT2D eigenvalue weighted by atomic mass is 9.96. The van der Waals surface area contributed by atoms with Gasteiger partial charge in [-0.25, -0.2) is 9.97 Å². The molecule has 0 aliphatic rings. The largest absolute Gasteiger partial charge is 0.481 e. The molecule has 0 saturated carbocycles. The molecule has 158 valence electrons. The molecule has 2 aromatic rings. The quantitative estimate of drug-likeness (QED) is 0.353. The van der Waals surface area contributed by atoms with Crippen molar-refractivity contribution in [1.82, 2.24) is 9.97 Å². The highest BCUT2D eigenvalue weighted by atomic mass is 35.5. The molecule has 0 saturated heterocycles. The minimum atomic E-state index is -0.802. The van der Waals surface area contributed by atoms with Gasteiger partial charge in [0, 0.05) is 38.8 Å². The van der Waals surface area contributed by atoms with Crippen LogP contribution in [0.5, 0.6) is 0 Å². The van der Waals surface area contributed by atoms with Crippen LogP contribution in [0.4, 0.5) is 28.6 Å². The number of aliphatic carboxylic acids is 1. The van der Waals surface area contributed by atoms with Gasteiger partial charge < -0.3 is 26.4 Å². The summed E-state index contributed by atoms with van der Waals surface area (Å²) in [6.45, 7) is 3.80. The van der Waals surface area contributed by atoms with Gasteiger partial charge in [-0.1, -0.05) is 18.5 Å². The molecule has 1 aromatic carbocycles. The summed E-state index contributed by atoms with van der Waals surface area (Å²) in [5.41, 5.74) is 4.35. The van der Waals surface area contributed by atoms with Crippen LogP contribution in [0.3, 0.4) is 0 Å². The molecule has 0 bridgehead atoms. The third-order valence-electron chi connectivity index (χ3n) is 4.74. The zero-order valence-corrected chi connectivity index (χ0v) is 18.2. The SMILES string of the molecule is CNc1cc(NC)c(Nc2nc(C)nc(Cl)c2C(C)CCCC(=O)O)c(NC)c1. The van der Waals surface area contributed by atoms with Gasteiger partial charge in [0.05, 0.1) is 17.1 Å². The highest BCUT2D eigenvalue weighted by Gasteiger charge is 2.20. The zero-order chi connectivity index (χ0) is 21.6. The second-order valence-electron chi connectivity index (χ2n) is 6.83. The van der Waals surface area contributed by atoms with Gasteiger partial charge in [-0.05, 0) is 37.8 Å². The number of rotatable bonds is 10. The van der Waals surface area contributed by atoms with Crippen molar-refractivity contribution in [3.05, 3.63) is 28.7 Å². The van der Waals surface area contributed by atoms with Crippen molar-refractivity contribution in [1.29, 1.82) is 0 Å². The summed E-state index contributed by atoms with van der Waals surface area (Å²) in [7, 11) is 5.58.